The summed E-state index contributed by atoms with van der Waals surface area (Å²) in [5.74, 6) is -0.118. The molecule has 2 aliphatic heterocycles. The van der Waals surface area contributed by atoms with Gasteiger partial charge in [-0.1, -0.05) is 13.8 Å². The van der Waals surface area contributed by atoms with Gasteiger partial charge in [0.2, 0.25) is 5.91 Å². The zero-order chi connectivity index (χ0) is 22.4. The van der Waals surface area contributed by atoms with Crippen LogP contribution in [0.2, 0.25) is 0 Å². The molecule has 0 atom stereocenters. The Balaban J connectivity index is 1.80. The van der Waals surface area contributed by atoms with Crippen molar-refractivity contribution in [1.29, 1.82) is 0 Å². The highest BCUT2D eigenvalue weighted by atomic mass is 16.5. The van der Waals surface area contributed by atoms with E-state index in [-0.39, 0.29) is 29.6 Å². The average molecular weight is 432 g/mol. The van der Waals surface area contributed by atoms with Gasteiger partial charge >= 0.3 is 5.97 Å². The maximum absolute atomic E-state index is 13.5. The van der Waals surface area contributed by atoms with Crippen molar-refractivity contribution in [1.82, 2.24) is 15.2 Å². The Bertz CT molecular complexity index is 799. The van der Waals surface area contributed by atoms with Crippen LogP contribution < -0.4 is 15.5 Å². The van der Waals surface area contributed by atoms with Gasteiger partial charge in [-0.2, -0.15) is 0 Å². The zero-order valence-corrected chi connectivity index (χ0v) is 18.6. The molecular weight excluding hydrogens is 398 g/mol. The van der Waals surface area contributed by atoms with Gasteiger partial charge in [-0.15, -0.1) is 0 Å². The molecule has 0 unspecified atom stereocenters. The monoisotopic (exact) mass is 431 g/mol. The average Bonchev–Trinajstić information content (AvgIpc) is 2.79. The first-order valence-corrected chi connectivity index (χ1v) is 11.1. The highest BCUT2D eigenvalue weighted by molar-refractivity contribution is 6.01. The van der Waals surface area contributed by atoms with Gasteiger partial charge in [0.05, 0.1) is 30.0 Å². The Morgan fingerprint density at radius 2 is 1.87 bits per heavy atom. The third kappa shape index (κ3) is 5.72. The van der Waals surface area contributed by atoms with Gasteiger partial charge in [0, 0.05) is 45.2 Å². The second kappa shape index (κ2) is 10.6. The Morgan fingerprint density at radius 1 is 1.19 bits per heavy atom. The molecule has 3 rings (SSSR count). The van der Waals surface area contributed by atoms with Gasteiger partial charge in [0.1, 0.15) is 5.82 Å². The van der Waals surface area contributed by atoms with E-state index in [0.29, 0.717) is 49.6 Å². The van der Waals surface area contributed by atoms with Crippen molar-refractivity contribution < 1.29 is 19.1 Å². The van der Waals surface area contributed by atoms with Crippen molar-refractivity contribution in [2.75, 3.05) is 56.1 Å². The SMILES string of the molecule is CCOC(=O)C1CCN(C(=O)c2cc(NC(=O)C(C)C)cnc2N2CCNCC2)CC1. The van der Waals surface area contributed by atoms with Gasteiger partial charge in [0.25, 0.3) is 5.91 Å². The fourth-order valence-corrected chi connectivity index (χ4v) is 3.85. The van der Waals surface area contributed by atoms with E-state index < -0.39 is 0 Å². The van der Waals surface area contributed by atoms with Crippen molar-refractivity contribution in [2.24, 2.45) is 11.8 Å². The van der Waals surface area contributed by atoms with E-state index in [2.05, 4.69) is 20.5 Å². The number of carbonyl (C=O) groups excluding carboxylic acids is 3. The molecule has 9 heteroatoms. The number of likely N-dealkylation sites (tertiary alicyclic amines) is 1. The van der Waals surface area contributed by atoms with Gasteiger partial charge in [-0.05, 0) is 25.8 Å². The maximum Gasteiger partial charge on any atom is 0.309 e. The van der Waals surface area contributed by atoms with Crippen LogP contribution in [0, 0.1) is 11.8 Å². The Kier molecular flexibility index (Phi) is 7.84. The molecule has 2 fully saturated rings. The maximum atomic E-state index is 13.5. The number of carbonyl (C=O) groups is 3. The van der Waals surface area contributed by atoms with Crippen molar-refractivity contribution in [3.05, 3.63) is 17.8 Å². The lowest BCUT2D eigenvalue weighted by molar-refractivity contribution is -0.149. The molecule has 170 valence electrons. The van der Waals surface area contributed by atoms with Crippen LogP contribution in [-0.4, -0.2) is 73.5 Å². The summed E-state index contributed by atoms with van der Waals surface area (Å²) in [6, 6.07) is 1.73. The number of aromatic nitrogens is 1. The second-order valence-electron chi connectivity index (χ2n) is 8.29. The van der Waals surface area contributed by atoms with Gasteiger partial charge < -0.3 is 25.2 Å². The van der Waals surface area contributed by atoms with E-state index in [4.69, 9.17) is 4.74 Å². The molecular formula is C22H33N5O4. The van der Waals surface area contributed by atoms with E-state index in [1.54, 1.807) is 24.1 Å². The molecule has 0 aromatic carbocycles. The van der Waals surface area contributed by atoms with Crippen LogP contribution in [0.15, 0.2) is 12.3 Å². The van der Waals surface area contributed by atoms with E-state index in [1.807, 2.05) is 13.8 Å². The molecule has 1 aromatic heterocycles. The largest absolute Gasteiger partial charge is 0.466 e. The number of rotatable bonds is 6. The van der Waals surface area contributed by atoms with Crippen molar-refractivity contribution >= 4 is 29.3 Å². The standard InChI is InChI=1S/C22H33N5O4/c1-4-31-22(30)16-5-9-27(10-6-16)21(29)18-13-17(25-20(28)15(2)3)14-24-19(18)26-11-7-23-8-12-26/h13-16,23H,4-12H2,1-3H3,(H,25,28). The molecule has 2 N–H and O–H groups in total. The summed E-state index contributed by atoms with van der Waals surface area (Å²) in [6.07, 6.45) is 2.79. The number of anilines is 2. The molecule has 31 heavy (non-hydrogen) atoms. The number of hydrogen-bond acceptors (Lipinski definition) is 7. The number of nitrogens with one attached hydrogen (secondary N) is 2. The summed E-state index contributed by atoms with van der Waals surface area (Å²) in [5, 5.41) is 6.15. The van der Waals surface area contributed by atoms with E-state index >= 15 is 0 Å². The molecule has 1 aromatic rings. The minimum atomic E-state index is -0.184. The first-order valence-electron chi connectivity index (χ1n) is 11.1. The van der Waals surface area contributed by atoms with E-state index in [0.717, 1.165) is 26.2 Å². The van der Waals surface area contributed by atoms with Gasteiger partial charge in [-0.3, -0.25) is 14.4 Å². The number of pyridine rings is 1. The smallest absolute Gasteiger partial charge is 0.309 e. The third-order valence-corrected chi connectivity index (χ3v) is 5.71. The molecule has 9 nitrogen and oxygen atoms in total. The first-order chi connectivity index (χ1) is 14.9. The van der Waals surface area contributed by atoms with Crippen LogP contribution in [0.25, 0.3) is 0 Å². The predicted molar refractivity (Wildman–Crippen MR) is 118 cm³/mol. The number of ether oxygens (including phenoxy) is 1. The Labute approximate surface area is 183 Å². The quantitative estimate of drug-likeness (QED) is 0.658. The van der Waals surface area contributed by atoms with Crippen molar-refractivity contribution in [2.45, 2.75) is 33.6 Å². The minimum absolute atomic E-state index is 0.120. The molecule has 3 heterocycles. The lowest BCUT2D eigenvalue weighted by atomic mass is 9.96. The lowest BCUT2D eigenvalue weighted by Gasteiger charge is -2.33. The van der Waals surface area contributed by atoms with Gasteiger partial charge in [-0.25, -0.2) is 4.98 Å². The van der Waals surface area contributed by atoms with Crippen LogP contribution in [0.3, 0.4) is 0 Å². The summed E-state index contributed by atoms with van der Waals surface area (Å²) in [7, 11) is 0. The van der Waals surface area contributed by atoms with Crippen LogP contribution in [0.5, 0.6) is 0 Å². The van der Waals surface area contributed by atoms with Crippen LogP contribution >= 0.6 is 0 Å². The second-order valence-corrected chi connectivity index (χ2v) is 8.29. The molecule has 0 spiro atoms. The predicted octanol–water partition coefficient (Wildman–Crippen LogP) is 1.50. The summed E-state index contributed by atoms with van der Waals surface area (Å²) in [5.41, 5.74) is 1.00. The molecule has 0 bridgehead atoms. The highest BCUT2D eigenvalue weighted by Crippen LogP contribution is 2.26. The topological polar surface area (TPSA) is 104 Å². The third-order valence-electron chi connectivity index (χ3n) is 5.71. The molecule has 0 aliphatic carbocycles. The highest BCUT2D eigenvalue weighted by Gasteiger charge is 2.31. The lowest BCUT2D eigenvalue weighted by Crippen LogP contribution is -2.45. The Hall–Kier alpha value is -2.68. The molecule has 2 aliphatic rings. The number of amides is 2. The first kappa shape index (κ1) is 23.0. The molecule has 0 radical (unpaired) electrons. The zero-order valence-electron chi connectivity index (χ0n) is 18.6. The van der Waals surface area contributed by atoms with Gasteiger partial charge in [0.15, 0.2) is 0 Å². The molecule has 0 saturated carbocycles. The number of hydrogen-bond donors (Lipinski definition) is 2. The number of nitrogens with zero attached hydrogens (tertiary/aromatic N) is 3. The van der Waals surface area contributed by atoms with Crippen LogP contribution in [0.1, 0.15) is 44.0 Å². The van der Waals surface area contributed by atoms with E-state index in [1.165, 1.54) is 0 Å². The summed E-state index contributed by atoms with van der Waals surface area (Å²) in [4.78, 5) is 46.0. The fraction of sp³-hybridized carbons (Fsp3) is 0.636. The summed E-state index contributed by atoms with van der Waals surface area (Å²) in [6.45, 7) is 9.95. The van der Waals surface area contributed by atoms with Crippen LogP contribution in [0.4, 0.5) is 11.5 Å². The normalized spacial score (nSPS) is 17.5. The van der Waals surface area contributed by atoms with E-state index in [9.17, 15) is 14.4 Å². The molecule has 2 saturated heterocycles. The number of piperidine rings is 1. The van der Waals surface area contributed by atoms with Crippen molar-refractivity contribution in [3.63, 3.8) is 0 Å². The van der Waals surface area contributed by atoms with Crippen LogP contribution in [-0.2, 0) is 14.3 Å². The summed E-state index contributed by atoms with van der Waals surface area (Å²) < 4.78 is 5.13. The fourth-order valence-electron chi connectivity index (χ4n) is 3.85. The number of esters is 1. The van der Waals surface area contributed by atoms with Crippen molar-refractivity contribution in [3.8, 4) is 0 Å². The summed E-state index contributed by atoms with van der Waals surface area (Å²) >= 11 is 0. The minimum Gasteiger partial charge on any atom is -0.466 e. The Morgan fingerprint density at radius 3 is 2.48 bits per heavy atom. The number of piperazine rings is 1. The molecule has 2 amide bonds.